The molecule has 0 spiro atoms. The summed E-state index contributed by atoms with van der Waals surface area (Å²) in [6.07, 6.45) is -1.02. The van der Waals surface area contributed by atoms with Crippen LogP contribution in [0.2, 0.25) is 0 Å². The summed E-state index contributed by atoms with van der Waals surface area (Å²) >= 11 is 0. The lowest BCUT2D eigenvalue weighted by Gasteiger charge is -2.22. The highest BCUT2D eigenvalue weighted by atomic mass is 19.4. The van der Waals surface area contributed by atoms with Crippen molar-refractivity contribution in [1.29, 1.82) is 0 Å². The maximum absolute atomic E-state index is 13.3. The van der Waals surface area contributed by atoms with Crippen molar-refractivity contribution >= 4 is 0 Å². The molecule has 1 rings (SSSR count). The Kier molecular flexibility index (Phi) is 6.20. The monoisotopic (exact) mass is 289 g/mol. The summed E-state index contributed by atoms with van der Waals surface area (Å²) in [7, 11) is 0. The van der Waals surface area contributed by atoms with Gasteiger partial charge in [0, 0.05) is 6.04 Å². The van der Waals surface area contributed by atoms with Gasteiger partial charge in [0.1, 0.15) is 5.82 Å². The van der Waals surface area contributed by atoms with Gasteiger partial charge in [0.25, 0.3) is 0 Å². The number of rotatable bonds is 7. The molecule has 0 saturated carbocycles. The predicted octanol–water partition coefficient (Wildman–Crippen LogP) is 4.85. The van der Waals surface area contributed by atoms with Crippen LogP contribution in [0.4, 0.5) is 17.6 Å². The topological polar surface area (TPSA) is 12.0 Å². The van der Waals surface area contributed by atoms with E-state index in [2.05, 4.69) is 11.9 Å². The standard InChI is InChI=1S/C15H19F4N/c1-3-5-6-14(20-9-4-2)12-10-11(16)7-8-13(12)15(17,18)19/h3,7-8,10,14,20H,1,4-6,9H2,2H3. The number of hydrogen-bond acceptors (Lipinski definition) is 1. The van der Waals surface area contributed by atoms with Crippen LogP contribution in [0.3, 0.4) is 0 Å². The molecule has 1 unspecified atom stereocenters. The molecule has 0 saturated heterocycles. The molecule has 1 N–H and O–H groups in total. The minimum atomic E-state index is -4.48. The van der Waals surface area contributed by atoms with E-state index in [1.54, 1.807) is 6.08 Å². The van der Waals surface area contributed by atoms with Crippen molar-refractivity contribution in [1.82, 2.24) is 5.32 Å². The highest BCUT2D eigenvalue weighted by Crippen LogP contribution is 2.36. The molecule has 1 nitrogen and oxygen atoms in total. The second-order valence-corrected chi connectivity index (χ2v) is 4.60. The van der Waals surface area contributed by atoms with E-state index in [0.717, 1.165) is 24.6 Å². The van der Waals surface area contributed by atoms with E-state index in [4.69, 9.17) is 0 Å². The number of halogens is 4. The first-order valence-electron chi connectivity index (χ1n) is 6.61. The van der Waals surface area contributed by atoms with Crippen LogP contribution in [0.15, 0.2) is 30.9 Å². The van der Waals surface area contributed by atoms with Gasteiger partial charge in [-0.15, -0.1) is 6.58 Å². The Hall–Kier alpha value is -1.36. The summed E-state index contributed by atoms with van der Waals surface area (Å²) in [5.41, 5.74) is -0.815. The normalized spacial score (nSPS) is 13.2. The van der Waals surface area contributed by atoms with E-state index in [9.17, 15) is 17.6 Å². The largest absolute Gasteiger partial charge is 0.416 e. The van der Waals surface area contributed by atoms with Crippen LogP contribution in [0.1, 0.15) is 43.4 Å². The third-order valence-electron chi connectivity index (χ3n) is 2.99. The van der Waals surface area contributed by atoms with Crippen molar-refractivity contribution in [3.63, 3.8) is 0 Å². The van der Waals surface area contributed by atoms with Crippen molar-refractivity contribution in [2.24, 2.45) is 0 Å². The Labute approximate surface area is 116 Å². The minimum absolute atomic E-state index is 0.0344. The van der Waals surface area contributed by atoms with Crippen molar-refractivity contribution in [2.45, 2.75) is 38.4 Å². The molecule has 0 fully saturated rings. The smallest absolute Gasteiger partial charge is 0.310 e. The molecule has 0 aliphatic carbocycles. The fraction of sp³-hybridized carbons (Fsp3) is 0.467. The van der Waals surface area contributed by atoms with Crippen molar-refractivity contribution in [3.8, 4) is 0 Å². The van der Waals surface area contributed by atoms with E-state index < -0.39 is 23.6 Å². The SMILES string of the molecule is C=CCCC(NCCC)c1cc(F)ccc1C(F)(F)F. The van der Waals surface area contributed by atoms with Gasteiger partial charge < -0.3 is 5.32 Å². The molecule has 0 aliphatic heterocycles. The van der Waals surface area contributed by atoms with Crippen LogP contribution in [0.25, 0.3) is 0 Å². The highest BCUT2D eigenvalue weighted by Gasteiger charge is 2.35. The molecule has 0 bridgehead atoms. The average Bonchev–Trinajstić information content (AvgIpc) is 2.37. The number of allylic oxidation sites excluding steroid dienone is 1. The van der Waals surface area contributed by atoms with Gasteiger partial charge >= 0.3 is 6.18 Å². The van der Waals surface area contributed by atoms with Crippen LogP contribution in [0.5, 0.6) is 0 Å². The van der Waals surface area contributed by atoms with Gasteiger partial charge in [-0.2, -0.15) is 13.2 Å². The van der Waals surface area contributed by atoms with Gasteiger partial charge in [-0.1, -0.05) is 13.0 Å². The van der Waals surface area contributed by atoms with Gasteiger partial charge in [-0.25, -0.2) is 4.39 Å². The number of hydrogen-bond donors (Lipinski definition) is 1. The fourth-order valence-corrected chi connectivity index (χ4v) is 2.05. The average molecular weight is 289 g/mol. The lowest BCUT2D eigenvalue weighted by atomic mass is 9.96. The summed E-state index contributed by atoms with van der Waals surface area (Å²) in [4.78, 5) is 0. The number of alkyl halides is 3. The zero-order valence-electron chi connectivity index (χ0n) is 11.4. The van der Waals surface area contributed by atoms with Gasteiger partial charge in [0.05, 0.1) is 5.56 Å². The van der Waals surface area contributed by atoms with E-state index in [0.29, 0.717) is 19.4 Å². The molecule has 0 aromatic heterocycles. The van der Waals surface area contributed by atoms with E-state index in [-0.39, 0.29) is 5.56 Å². The van der Waals surface area contributed by atoms with Crippen LogP contribution >= 0.6 is 0 Å². The highest BCUT2D eigenvalue weighted by molar-refractivity contribution is 5.33. The minimum Gasteiger partial charge on any atom is -0.310 e. The summed E-state index contributed by atoms with van der Waals surface area (Å²) in [5.74, 6) is -0.657. The Morgan fingerprint density at radius 2 is 2.05 bits per heavy atom. The van der Waals surface area contributed by atoms with Crippen LogP contribution in [-0.4, -0.2) is 6.54 Å². The molecule has 20 heavy (non-hydrogen) atoms. The van der Waals surface area contributed by atoms with Gasteiger partial charge in [-0.3, -0.25) is 0 Å². The molecule has 0 aliphatic rings. The quantitative estimate of drug-likeness (QED) is 0.559. The first kappa shape index (κ1) is 16.7. The van der Waals surface area contributed by atoms with Crippen LogP contribution in [0, 0.1) is 5.82 Å². The predicted molar refractivity (Wildman–Crippen MR) is 71.9 cm³/mol. The van der Waals surface area contributed by atoms with E-state index in [1.807, 2.05) is 6.92 Å². The first-order chi connectivity index (χ1) is 9.40. The summed E-state index contributed by atoms with van der Waals surface area (Å²) in [6.45, 7) is 6.07. The summed E-state index contributed by atoms with van der Waals surface area (Å²) in [5, 5.41) is 3.05. The molecule has 1 aromatic carbocycles. The molecule has 1 atom stereocenters. The zero-order chi connectivity index (χ0) is 15.2. The number of nitrogens with one attached hydrogen (secondary N) is 1. The van der Waals surface area contributed by atoms with Gasteiger partial charge in [0.15, 0.2) is 0 Å². The van der Waals surface area contributed by atoms with E-state index in [1.165, 1.54) is 0 Å². The second kappa shape index (κ2) is 7.43. The molecule has 0 radical (unpaired) electrons. The lowest BCUT2D eigenvalue weighted by molar-refractivity contribution is -0.138. The third kappa shape index (κ3) is 4.63. The molecular weight excluding hydrogens is 270 g/mol. The van der Waals surface area contributed by atoms with Crippen molar-refractivity contribution in [2.75, 3.05) is 6.54 Å². The van der Waals surface area contributed by atoms with Crippen molar-refractivity contribution in [3.05, 3.63) is 47.8 Å². The summed E-state index contributed by atoms with van der Waals surface area (Å²) < 4.78 is 52.4. The maximum atomic E-state index is 13.3. The Balaban J connectivity index is 3.15. The molecule has 5 heteroatoms. The van der Waals surface area contributed by atoms with Crippen LogP contribution in [-0.2, 0) is 6.18 Å². The summed E-state index contributed by atoms with van der Waals surface area (Å²) in [6, 6.07) is 2.09. The lowest BCUT2D eigenvalue weighted by Crippen LogP contribution is -2.25. The van der Waals surface area contributed by atoms with Crippen molar-refractivity contribution < 1.29 is 17.6 Å². The Bertz CT molecular complexity index is 440. The van der Waals surface area contributed by atoms with Crippen LogP contribution < -0.4 is 5.32 Å². The zero-order valence-corrected chi connectivity index (χ0v) is 11.4. The molecule has 0 amide bonds. The van der Waals surface area contributed by atoms with E-state index >= 15 is 0 Å². The second-order valence-electron chi connectivity index (χ2n) is 4.60. The molecular formula is C15H19F4N. The van der Waals surface area contributed by atoms with Gasteiger partial charge in [0.2, 0.25) is 0 Å². The fourth-order valence-electron chi connectivity index (χ4n) is 2.05. The third-order valence-corrected chi connectivity index (χ3v) is 2.99. The molecule has 0 heterocycles. The molecule has 1 aromatic rings. The Morgan fingerprint density at radius 3 is 2.60 bits per heavy atom. The first-order valence-corrected chi connectivity index (χ1v) is 6.61. The number of benzene rings is 1. The Morgan fingerprint density at radius 1 is 1.35 bits per heavy atom. The maximum Gasteiger partial charge on any atom is 0.416 e. The molecule has 112 valence electrons. The van der Waals surface area contributed by atoms with Gasteiger partial charge in [-0.05, 0) is 49.6 Å².